The van der Waals surface area contributed by atoms with E-state index in [-0.39, 0.29) is 11.3 Å². The highest BCUT2D eigenvalue weighted by atomic mass is 32.2. The lowest BCUT2D eigenvalue weighted by atomic mass is 10.1. The zero-order valence-electron chi connectivity index (χ0n) is 16.8. The molecule has 0 aliphatic heterocycles. The van der Waals surface area contributed by atoms with Crippen molar-refractivity contribution in [3.05, 3.63) is 65.9 Å². The second-order valence-corrected chi connectivity index (χ2v) is 8.52. The summed E-state index contributed by atoms with van der Waals surface area (Å²) < 4.78 is 37.0. The van der Waals surface area contributed by atoms with Crippen molar-refractivity contribution < 1.29 is 27.5 Å². The molecule has 1 amide bonds. The van der Waals surface area contributed by atoms with Gasteiger partial charge in [0.05, 0.1) is 24.6 Å². The van der Waals surface area contributed by atoms with Gasteiger partial charge in [-0.25, -0.2) is 22.0 Å². The number of para-hydroxylation sites is 1. The highest BCUT2D eigenvalue weighted by Crippen LogP contribution is 2.27. The van der Waals surface area contributed by atoms with Gasteiger partial charge in [-0.15, -0.1) is 0 Å². The molecule has 0 fully saturated rings. The van der Waals surface area contributed by atoms with Crippen LogP contribution in [-0.4, -0.2) is 44.7 Å². The lowest BCUT2D eigenvalue weighted by molar-refractivity contribution is -0.142. The first-order valence-corrected chi connectivity index (χ1v) is 10.6. The molecule has 3 rings (SSSR count). The molecule has 0 aliphatic carbocycles. The number of carbonyl (C=O) groups excluding carboxylic acids is 2. The molecule has 8 nitrogen and oxygen atoms in total. The monoisotopic (exact) mass is 430 g/mol. The van der Waals surface area contributed by atoms with Gasteiger partial charge in [0, 0.05) is 18.0 Å². The molecule has 1 atom stereocenters. The fourth-order valence-corrected chi connectivity index (χ4v) is 4.55. The van der Waals surface area contributed by atoms with Crippen LogP contribution in [0, 0.1) is 6.92 Å². The van der Waals surface area contributed by atoms with Gasteiger partial charge in [-0.3, -0.25) is 0 Å². The second-order valence-electron chi connectivity index (χ2n) is 6.70. The Hall–Kier alpha value is -3.33. The van der Waals surface area contributed by atoms with E-state index in [0.29, 0.717) is 16.5 Å². The number of aromatic nitrogens is 1. The van der Waals surface area contributed by atoms with Gasteiger partial charge in [0.15, 0.2) is 0 Å². The number of amides is 1. The molecule has 1 heterocycles. The molecule has 1 aromatic heterocycles. The first kappa shape index (κ1) is 21.4. The summed E-state index contributed by atoms with van der Waals surface area (Å²) in [4.78, 5) is 23.9. The first-order valence-electron chi connectivity index (χ1n) is 9.11. The topological polar surface area (TPSA) is 104 Å². The summed E-state index contributed by atoms with van der Waals surface area (Å²) in [5.41, 5.74) is 1.98. The molecule has 3 aromatic rings. The van der Waals surface area contributed by atoms with Crippen molar-refractivity contribution in [2.45, 2.75) is 24.3 Å². The fraction of sp³-hybridized carbons (Fsp3) is 0.238. The molecule has 30 heavy (non-hydrogen) atoms. The number of hydrogen-bond acceptors (Lipinski definition) is 6. The van der Waals surface area contributed by atoms with Crippen LogP contribution in [0.15, 0.2) is 59.6 Å². The number of benzene rings is 2. The number of ether oxygens (including phenoxy) is 2. The van der Waals surface area contributed by atoms with E-state index in [1.165, 1.54) is 24.4 Å². The standard InChI is InChI=1S/C21H22N2O6S/c1-14-8-10-16(11-9-14)30(26,27)23-13-15(17-6-4-5-7-19(17)23)12-18(20(24)28-2)22-21(25)29-3/h4-11,13,18H,12H2,1-3H3,(H,22,25)/t18-/m0/s1. The number of fused-ring (bicyclic) bond motifs is 1. The maximum Gasteiger partial charge on any atom is 0.407 e. The summed E-state index contributed by atoms with van der Waals surface area (Å²) in [5.74, 6) is -0.668. The SMILES string of the molecule is COC(=O)N[C@@H](Cc1cn(S(=O)(=O)c2ccc(C)cc2)c2ccccc12)C(=O)OC. The average Bonchev–Trinajstić information content (AvgIpc) is 3.12. The smallest absolute Gasteiger partial charge is 0.407 e. The van der Waals surface area contributed by atoms with Crippen LogP contribution < -0.4 is 5.32 Å². The van der Waals surface area contributed by atoms with Crippen molar-refractivity contribution in [1.82, 2.24) is 9.29 Å². The van der Waals surface area contributed by atoms with Crippen LogP contribution in [-0.2, 0) is 30.7 Å². The Morgan fingerprint density at radius 3 is 2.33 bits per heavy atom. The third-order valence-corrected chi connectivity index (χ3v) is 6.41. The molecule has 0 bridgehead atoms. The van der Waals surface area contributed by atoms with Crippen LogP contribution >= 0.6 is 0 Å². The second kappa shape index (κ2) is 8.58. The summed E-state index contributed by atoms with van der Waals surface area (Å²) in [6.45, 7) is 1.88. The number of nitrogens with one attached hydrogen (secondary N) is 1. The van der Waals surface area contributed by atoms with Gasteiger partial charge in [0.1, 0.15) is 6.04 Å². The van der Waals surface area contributed by atoms with Gasteiger partial charge in [-0.05, 0) is 30.7 Å². The predicted molar refractivity (Wildman–Crippen MR) is 111 cm³/mol. The van der Waals surface area contributed by atoms with Gasteiger partial charge < -0.3 is 14.8 Å². The minimum Gasteiger partial charge on any atom is -0.467 e. The summed E-state index contributed by atoms with van der Waals surface area (Å²) >= 11 is 0. The molecule has 0 spiro atoms. The van der Waals surface area contributed by atoms with E-state index in [9.17, 15) is 18.0 Å². The van der Waals surface area contributed by atoms with Crippen molar-refractivity contribution in [1.29, 1.82) is 0 Å². The van der Waals surface area contributed by atoms with E-state index < -0.39 is 28.1 Å². The number of alkyl carbamates (subject to hydrolysis) is 1. The molecule has 2 aromatic carbocycles. The maximum atomic E-state index is 13.3. The summed E-state index contributed by atoms with van der Waals surface area (Å²) in [5, 5.41) is 3.07. The molecule has 0 saturated heterocycles. The highest BCUT2D eigenvalue weighted by Gasteiger charge is 2.26. The molecule has 0 radical (unpaired) electrons. The summed E-state index contributed by atoms with van der Waals surface area (Å²) in [7, 11) is -1.47. The van der Waals surface area contributed by atoms with E-state index in [0.717, 1.165) is 5.56 Å². The lowest BCUT2D eigenvalue weighted by Crippen LogP contribution is -2.43. The Kier molecular flexibility index (Phi) is 6.12. The van der Waals surface area contributed by atoms with E-state index in [2.05, 4.69) is 10.1 Å². The highest BCUT2D eigenvalue weighted by molar-refractivity contribution is 7.90. The number of nitrogens with zero attached hydrogens (tertiary/aromatic N) is 1. The van der Waals surface area contributed by atoms with Crippen LogP contribution in [0.25, 0.3) is 10.9 Å². The summed E-state index contributed by atoms with van der Waals surface area (Å²) in [6.07, 6.45) is 0.703. The van der Waals surface area contributed by atoms with Gasteiger partial charge >= 0.3 is 12.1 Å². The Bertz CT molecular complexity index is 1180. The third-order valence-electron chi connectivity index (χ3n) is 4.73. The van der Waals surface area contributed by atoms with Gasteiger partial charge in [-0.1, -0.05) is 35.9 Å². The quantitative estimate of drug-likeness (QED) is 0.603. The first-order chi connectivity index (χ1) is 14.3. The molecule has 1 N–H and O–H groups in total. The van der Waals surface area contributed by atoms with E-state index in [1.807, 2.05) is 6.92 Å². The fourth-order valence-electron chi connectivity index (χ4n) is 3.16. The Morgan fingerprint density at radius 1 is 1.03 bits per heavy atom. The van der Waals surface area contributed by atoms with E-state index in [1.54, 1.807) is 48.5 Å². The number of esters is 1. The Labute approximate surface area is 174 Å². The minimum atomic E-state index is -3.86. The molecular formula is C21H22N2O6S. The third kappa shape index (κ3) is 4.16. The van der Waals surface area contributed by atoms with E-state index >= 15 is 0 Å². The number of carbonyl (C=O) groups is 2. The molecule has 158 valence electrons. The molecule has 9 heteroatoms. The van der Waals surface area contributed by atoms with Crippen molar-refractivity contribution in [3.63, 3.8) is 0 Å². The predicted octanol–water partition coefficient (Wildman–Crippen LogP) is 2.63. The minimum absolute atomic E-state index is 0.0265. The van der Waals surface area contributed by atoms with Crippen LogP contribution in [0.2, 0.25) is 0 Å². The Balaban J connectivity index is 2.08. The zero-order chi connectivity index (χ0) is 21.9. The van der Waals surface area contributed by atoms with Gasteiger partial charge in [0.25, 0.3) is 10.0 Å². The number of hydrogen-bond donors (Lipinski definition) is 1. The van der Waals surface area contributed by atoms with Crippen LogP contribution in [0.4, 0.5) is 4.79 Å². The molecule has 0 aliphatic rings. The van der Waals surface area contributed by atoms with Gasteiger partial charge in [0.2, 0.25) is 0 Å². The number of methoxy groups -OCH3 is 2. The average molecular weight is 430 g/mol. The maximum absolute atomic E-state index is 13.3. The summed E-state index contributed by atoms with van der Waals surface area (Å²) in [6, 6.07) is 12.5. The van der Waals surface area contributed by atoms with Crippen LogP contribution in [0.3, 0.4) is 0 Å². The van der Waals surface area contributed by atoms with Crippen LogP contribution in [0.1, 0.15) is 11.1 Å². The molecule has 0 saturated carbocycles. The largest absolute Gasteiger partial charge is 0.467 e. The number of aryl methyl sites for hydroxylation is 1. The molecule has 0 unspecified atom stereocenters. The normalized spacial score (nSPS) is 12.4. The van der Waals surface area contributed by atoms with Gasteiger partial charge in [-0.2, -0.15) is 0 Å². The van der Waals surface area contributed by atoms with Crippen molar-refractivity contribution >= 4 is 33.0 Å². The lowest BCUT2D eigenvalue weighted by Gasteiger charge is -2.15. The van der Waals surface area contributed by atoms with Crippen molar-refractivity contribution in [2.24, 2.45) is 0 Å². The zero-order valence-corrected chi connectivity index (χ0v) is 17.6. The molecular weight excluding hydrogens is 408 g/mol. The van der Waals surface area contributed by atoms with Crippen LogP contribution in [0.5, 0.6) is 0 Å². The van der Waals surface area contributed by atoms with E-state index in [4.69, 9.17) is 4.74 Å². The Morgan fingerprint density at radius 2 is 1.70 bits per heavy atom. The van der Waals surface area contributed by atoms with Crippen molar-refractivity contribution in [3.8, 4) is 0 Å². The number of rotatable bonds is 6. The van der Waals surface area contributed by atoms with Crippen molar-refractivity contribution in [2.75, 3.05) is 14.2 Å².